The monoisotopic (exact) mass is 354 g/mol. The summed E-state index contributed by atoms with van der Waals surface area (Å²) in [5.41, 5.74) is 0.944. The van der Waals surface area contributed by atoms with Crippen LogP contribution >= 0.6 is 0 Å². The first-order valence-electron chi connectivity index (χ1n) is 9.63. The second kappa shape index (κ2) is 7.09. The normalized spacial score (nSPS) is 20.8. The molecule has 6 nitrogen and oxygen atoms in total. The fourth-order valence-electron chi connectivity index (χ4n) is 4.39. The van der Waals surface area contributed by atoms with Crippen molar-refractivity contribution < 1.29 is 4.79 Å². The summed E-state index contributed by atoms with van der Waals surface area (Å²) in [5, 5.41) is 4.52. The van der Waals surface area contributed by atoms with Crippen molar-refractivity contribution in [1.29, 1.82) is 0 Å². The van der Waals surface area contributed by atoms with Crippen molar-refractivity contribution >= 4 is 5.91 Å². The van der Waals surface area contributed by atoms with Gasteiger partial charge in [0.05, 0.1) is 12.6 Å². The average molecular weight is 354 g/mol. The Hall–Kier alpha value is -2.37. The lowest BCUT2D eigenvalue weighted by Gasteiger charge is -2.27. The maximum absolute atomic E-state index is 13.0. The third-order valence-electron chi connectivity index (χ3n) is 5.76. The number of rotatable bonds is 4. The van der Waals surface area contributed by atoms with Gasteiger partial charge in [0.2, 0.25) is 5.91 Å². The van der Waals surface area contributed by atoms with E-state index in [1.807, 2.05) is 35.2 Å². The maximum atomic E-state index is 13.0. The van der Waals surface area contributed by atoms with Crippen molar-refractivity contribution in [3.8, 4) is 0 Å². The van der Waals surface area contributed by atoms with Crippen molar-refractivity contribution in [2.24, 2.45) is 13.0 Å². The van der Waals surface area contributed by atoms with Gasteiger partial charge in [-0.2, -0.15) is 5.10 Å². The van der Waals surface area contributed by atoms with Gasteiger partial charge in [-0.15, -0.1) is 0 Å². The molecular formula is C20H26N4O2. The Morgan fingerprint density at radius 3 is 2.58 bits per heavy atom. The van der Waals surface area contributed by atoms with E-state index in [9.17, 15) is 9.59 Å². The third kappa shape index (κ3) is 3.08. The average Bonchev–Trinajstić information content (AvgIpc) is 3.39. The highest BCUT2D eigenvalue weighted by Gasteiger charge is 2.37. The third-order valence-corrected chi connectivity index (χ3v) is 5.76. The maximum Gasteiger partial charge on any atom is 0.346 e. The van der Waals surface area contributed by atoms with E-state index in [1.165, 1.54) is 4.68 Å². The second-order valence-electron chi connectivity index (χ2n) is 7.51. The summed E-state index contributed by atoms with van der Waals surface area (Å²) in [4.78, 5) is 27.6. The quantitative estimate of drug-likeness (QED) is 0.847. The minimum Gasteiger partial charge on any atom is -0.332 e. The summed E-state index contributed by atoms with van der Waals surface area (Å²) < 4.78 is 3.13. The fourth-order valence-corrected chi connectivity index (χ4v) is 4.39. The Balaban J connectivity index is 1.65. The predicted molar refractivity (Wildman–Crippen MR) is 98.7 cm³/mol. The molecular weight excluding hydrogens is 328 g/mol. The van der Waals surface area contributed by atoms with Gasteiger partial charge >= 0.3 is 5.69 Å². The molecule has 1 unspecified atom stereocenters. The van der Waals surface area contributed by atoms with Gasteiger partial charge in [0.15, 0.2) is 5.82 Å². The molecule has 2 fully saturated rings. The first-order chi connectivity index (χ1) is 12.6. The van der Waals surface area contributed by atoms with Crippen LogP contribution in [-0.4, -0.2) is 31.7 Å². The summed E-state index contributed by atoms with van der Waals surface area (Å²) in [5.74, 6) is 1.15. The number of nitrogens with zero attached hydrogens (tertiary/aromatic N) is 4. The van der Waals surface area contributed by atoms with Gasteiger partial charge in [0, 0.05) is 19.5 Å². The number of likely N-dealkylation sites (tertiary alicyclic amines) is 1. The zero-order valence-electron chi connectivity index (χ0n) is 15.3. The van der Waals surface area contributed by atoms with Crippen LogP contribution in [0.5, 0.6) is 0 Å². The SMILES string of the molecule is Cn1nc(C2CCCN2C(=O)C2CCCC2)n(Cc2ccccc2)c1=O. The largest absolute Gasteiger partial charge is 0.346 e. The highest BCUT2D eigenvalue weighted by atomic mass is 16.2. The number of carbonyl (C=O) groups is 1. The lowest BCUT2D eigenvalue weighted by Crippen LogP contribution is -2.36. The van der Waals surface area contributed by atoms with Crippen LogP contribution in [0, 0.1) is 5.92 Å². The van der Waals surface area contributed by atoms with Crippen molar-refractivity contribution in [3.63, 3.8) is 0 Å². The zero-order chi connectivity index (χ0) is 18.1. The minimum atomic E-state index is -0.121. The predicted octanol–water partition coefficient (Wildman–Crippen LogP) is 2.48. The first-order valence-corrected chi connectivity index (χ1v) is 9.63. The lowest BCUT2D eigenvalue weighted by molar-refractivity contribution is -0.136. The number of carbonyl (C=O) groups excluding carboxylic acids is 1. The molecule has 1 aliphatic heterocycles. The molecule has 0 radical (unpaired) electrons. The summed E-state index contributed by atoms with van der Waals surface area (Å²) in [6.07, 6.45) is 6.15. The van der Waals surface area contributed by atoms with E-state index < -0.39 is 0 Å². The van der Waals surface area contributed by atoms with E-state index in [2.05, 4.69) is 5.10 Å². The number of hydrogen-bond acceptors (Lipinski definition) is 3. The Morgan fingerprint density at radius 2 is 1.85 bits per heavy atom. The van der Waals surface area contributed by atoms with E-state index in [0.717, 1.165) is 56.5 Å². The summed E-state index contributed by atoms with van der Waals surface area (Å²) >= 11 is 0. The van der Waals surface area contributed by atoms with Crippen LogP contribution in [0.15, 0.2) is 35.1 Å². The molecule has 26 heavy (non-hydrogen) atoms. The topological polar surface area (TPSA) is 60.1 Å². The molecule has 1 saturated carbocycles. The molecule has 1 aromatic carbocycles. The minimum absolute atomic E-state index is 0.0827. The molecule has 1 atom stereocenters. The first kappa shape index (κ1) is 17.1. The molecule has 4 rings (SSSR count). The Labute approximate surface area is 153 Å². The smallest absolute Gasteiger partial charge is 0.332 e. The van der Waals surface area contributed by atoms with Gasteiger partial charge < -0.3 is 4.90 Å². The number of hydrogen-bond donors (Lipinski definition) is 0. The van der Waals surface area contributed by atoms with E-state index in [4.69, 9.17) is 0 Å². The molecule has 1 amide bonds. The zero-order valence-corrected chi connectivity index (χ0v) is 15.3. The Kier molecular flexibility index (Phi) is 4.66. The molecule has 2 aromatic rings. The molecule has 2 aliphatic rings. The molecule has 138 valence electrons. The summed E-state index contributed by atoms with van der Waals surface area (Å²) in [6, 6.07) is 9.86. The summed E-state index contributed by atoms with van der Waals surface area (Å²) in [7, 11) is 1.69. The Morgan fingerprint density at radius 1 is 1.12 bits per heavy atom. The van der Waals surface area contributed by atoms with E-state index in [0.29, 0.717) is 6.54 Å². The fraction of sp³-hybridized carbons (Fsp3) is 0.550. The van der Waals surface area contributed by atoms with Gasteiger partial charge in [0.25, 0.3) is 0 Å². The van der Waals surface area contributed by atoms with Gasteiger partial charge in [-0.05, 0) is 31.2 Å². The molecule has 2 heterocycles. The number of benzene rings is 1. The van der Waals surface area contributed by atoms with Gasteiger partial charge in [-0.3, -0.25) is 9.36 Å². The van der Waals surface area contributed by atoms with Gasteiger partial charge in [-0.1, -0.05) is 43.2 Å². The number of aromatic nitrogens is 3. The van der Waals surface area contributed by atoms with Gasteiger partial charge in [-0.25, -0.2) is 9.48 Å². The molecule has 1 aromatic heterocycles. The lowest BCUT2D eigenvalue weighted by atomic mass is 10.1. The molecule has 0 bridgehead atoms. The molecule has 1 saturated heterocycles. The Bertz CT molecular complexity index is 833. The van der Waals surface area contributed by atoms with Crippen molar-refractivity contribution in [2.75, 3.05) is 6.54 Å². The van der Waals surface area contributed by atoms with Crippen LogP contribution in [0.25, 0.3) is 0 Å². The number of amides is 1. The van der Waals surface area contributed by atoms with Crippen LogP contribution in [0.2, 0.25) is 0 Å². The van der Waals surface area contributed by atoms with Crippen LogP contribution in [0.1, 0.15) is 56.0 Å². The van der Waals surface area contributed by atoms with Crippen LogP contribution in [-0.2, 0) is 18.4 Å². The second-order valence-corrected chi connectivity index (χ2v) is 7.51. The highest BCUT2D eigenvalue weighted by molar-refractivity contribution is 5.79. The summed E-state index contributed by atoms with van der Waals surface area (Å²) in [6.45, 7) is 1.26. The van der Waals surface area contributed by atoms with Crippen molar-refractivity contribution in [1.82, 2.24) is 19.2 Å². The van der Waals surface area contributed by atoms with Crippen LogP contribution in [0.3, 0.4) is 0 Å². The van der Waals surface area contributed by atoms with Crippen molar-refractivity contribution in [3.05, 3.63) is 52.2 Å². The van der Waals surface area contributed by atoms with E-state index in [1.54, 1.807) is 11.6 Å². The molecule has 0 N–H and O–H groups in total. The highest BCUT2D eigenvalue weighted by Crippen LogP contribution is 2.35. The molecule has 6 heteroatoms. The van der Waals surface area contributed by atoms with Crippen LogP contribution < -0.4 is 5.69 Å². The molecule has 1 aliphatic carbocycles. The molecule has 0 spiro atoms. The van der Waals surface area contributed by atoms with E-state index in [-0.39, 0.29) is 23.6 Å². The van der Waals surface area contributed by atoms with Crippen LogP contribution in [0.4, 0.5) is 0 Å². The van der Waals surface area contributed by atoms with Crippen molar-refractivity contribution in [2.45, 2.75) is 51.1 Å². The standard InChI is InChI=1S/C20H26N4O2/c1-22-20(26)24(14-15-8-3-2-4-9-15)18(21-22)17-12-7-13-23(17)19(25)16-10-5-6-11-16/h2-4,8-9,16-17H,5-7,10-14H2,1H3. The van der Waals surface area contributed by atoms with Gasteiger partial charge in [0.1, 0.15) is 0 Å². The van der Waals surface area contributed by atoms with E-state index >= 15 is 0 Å². The number of aryl methyl sites for hydroxylation is 1.